The van der Waals surface area contributed by atoms with Gasteiger partial charge >= 0.3 is 0 Å². The molecule has 1 rings (SSSR count). The molecule has 0 bridgehead atoms. The highest BCUT2D eigenvalue weighted by molar-refractivity contribution is 5.49. The summed E-state index contributed by atoms with van der Waals surface area (Å²) in [5, 5.41) is 3.10. The molecule has 0 aliphatic rings. The van der Waals surface area contributed by atoms with Gasteiger partial charge in [0.2, 0.25) is 0 Å². The third-order valence-electron chi connectivity index (χ3n) is 1.41. The molecule has 0 heterocycles. The van der Waals surface area contributed by atoms with Crippen LogP contribution < -0.4 is 5.32 Å². The Morgan fingerprint density at radius 1 is 1.17 bits per heavy atom. The first kappa shape index (κ1) is 11.0. The number of hydrogen-bond donors (Lipinski definition) is 1. The number of nitrogens with one attached hydrogen (secondary N) is 1. The van der Waals surface area contributed by atoms with Gasteiger partial charge in [-0.3, -0.25) is 0 Å². The lowest BCUT2D eigenvalue weighted by Crippen LogP contribution is -1.89. The fraction of sp³-hybridized carbons (Fsp3) is 0.455. The second-order valence-electron chi connectivity index (χ2n) is 2.77. The maximum Gasteiger partial charge on any atom is 0.0367 e. The molecular formula is C11H19N. The van der Waals surface area contributed by atoms with Gasteiger partial charge in [0.05, 0.1) is 0 Å². The zero-order valence-electron chi connectivity index (χ0n) is 8.52. The molecule has 0 fully saturated rings. The smallest absolute Gasteiger partial charge is 0.0367 e. The molecule has 0 unspecified atom stereocenters. The second-order valence-corrected chi connectivity index (χ2v) is 2.77. The number of benzene rings is 1. The van der Waals surface area contributed by atoms with E-state index < -0.39 is 0 Å². The van der Waals surface area contributed by atoms with Crippen LogP contribution in [0.4, 0.5) is 5.69 Å². The number of aryl methyl sites for hydroxylation is 1. The second kappa shape index (κ2) is 6.71. The summed E-state index contributed by atoms with van der Waals surface area (Å²) in [5.74, 6) is 0. The summed E-state index contributed by atoms with van der Waals surface area (Å²) in [6.07, 6.45) is 1.25. The van der Waals surface area contributed by atoms with Crippen molar-refractivity contribution in [3.8, 4) is 0 Å². The average Bonchev–Trinajstić information content (AvgIpc) is 2.07. The Hall–Kier alpha value is -0.980. The number of anilines is 1. The van der Waals surface area contributed by atoms with E-state index in [9.17, 15) is 0 Å². The summed E-state index contributed by atoms with van der Waals surface area (Å²) < 4.78 is 0. The topological polar surface area (TPSA) is 12.0 Å². The maximum atomic E-state index is 3.10. The van der Waals surface area contributed by atoms with E-state index in [0.717, 1.165) is 0 Å². The molecule has 1 nitrogen and oxygen atoms in total. The summed E-state index contributed by atoms with van der Waals surface area (Å²) in [5.41, 5.74) is 2.50. The fourth-order valence-corrected chi connectivity index (χ4v) is 0.853. The van der Waals surface area contributed by atoms with E-state index in [-0.39, 0.29) is 0 Å². The first-order valence-corrected chi connectivity index (χ1v) is 4.49. The van der Waals surface area contributed by atoms with Crippen LogP contribution in [0, 0.1) is 6.92 Å². The Kier molecular flexibility index (Phi) is 6.16. The minimum atomic E-state index is 1.21. The molecule has 1 heteroatoms. The standard InChI is InChI=1S/C8H11N.C3H8/c1-7-5-3-4-6-8(7)9-2;1-3-2/h3-6,9H,1-2H3;3H2,1-2H3. The summed E-state index contributed by atoms with van der Waals surface area (Å²) in [4.78, 5) is 0. The Balaban J connectivity index is 0.000000354. The van der Waals surface area contributed by atoms with E-state index >= 15 is 0 Å². The van der Waals surface area contributed by atoms with Crippen LogP contribution in [-0.4, -0.2) is 7.05 Å². The average molecular weight is 165 g/mol. The van der Waals surface area contributed by atoms with Crippen molar-refractivity contribution in [3.63, 3.8) is 0 Å². The van der Waals surface area contributed by atoms with Crippen LogP contribution in [0.1, 0.15) is 25.8 Å². The fourth-order valence-electron chi connectivity index (χ4n) is 0.853. The van der Waals surface area contributed by atoms with Crippen LogP contribution in [-0.2, 0) is 0 Å². The van der Waals surface area contributed by atoms with Crippen LogP contribution in [0.2, 0.25) is 0 Å². The van der Waals surface area contributed by atoms with Crippen molar-refractivity contribution in [1.82, 2.24) is 0 Å². The minimum Gasteiger partial charge on any atom is -0.388 e. The Bertz CT molecular complexity index is 206. The van der Waals surface area contributed by atoms with Crippen molar-refractivity contribution in [3.05, 3.63) is 29.8 Å². The summed E-state index contributed by atoms with van der Waals surface area (Å²) in [6.45, 7) is 6.34. The van der Waals surface area contributed by atoms with Crippen LogP contribution in [0.5, 0.6) is 0 Å². The van der Waals surface area contributed by atoms with Gasteiger partial charge in [0, 0.05) is 12.7 Å². The van der Waals surface area contributed by atoms with Crippen molar-refractivity contribution < 1.29 is 0 Å². The van der Waals surface area contributed by atoms with Crippen LogP contribution in [0.15, 0.2) is 24.3 Å². The van der Waals surface area contributed by atoms with Gasteiger partial charge in [-0.1, -0.05) is 38.5 Å². The quantitative estimate of drug-likeness (QED) is 0.672. The van der Waals surface area contributed by atoms with Gasteiger partial charge in [-0.2, -0.15) is 0 Å². The Morgan fingerprint density at radius 3 is 2.00 bits per heavy atom. The lowest BCUT2D eigenvalue weighted by molar-refractivity contribution is 1.09. The number of para-hydroxylation sites is 1. The third-order valence-corrected chi connectivity index (χ3v) is 1.41. The maximum absolute atomic E-state index is 3.10. The Morgan fingerprint density at radius 2 is 1.67 bits per heavy atom. The molecule has 0 saturated carbocycles. The summed E-state index contributed by atoms with van der Waals surface area (Å²) in [6, 6.07) is 8.22. The normalized spacial score (nSPS) is 8.33. The van der Waals surface area contributed by atoms with Gasteiger partial charge in [0.1, 0.15) is 0 Å². The molecule has 0 spiro atoms. The van der Waals surface area contributed by atoms with E-state index in [1.54, 1.807) is 0 Å². The molecule has 0 atom stereocenters. The van der Waals surface area contributed by atoms with Gasteiger partial charge in [-0.15, -0.1) is 0 Å². The van der Waals surface area contributed by atoms with E-state index in [2.05, 4.69) is 38.2 Å². The molecule has 0 aliphatic carbocycles. The molecule has 0 radical (unpaired) electrons. The molecule has 0 aliphatic heterocycles. The summed E-state index contributed by atoms with van der Waals surface area (Å²) in [7, 11) is 1.93. The van der Waals surface area contributed by atoms with Crippen LogP contribution in [0.25, 0.3) is 0 Å². The van der Waals surface area contributed by atoms with Crippen molar-refractivity contribution >= 4 is 5.69 Å². The molecule has 12 heavy (non-hydrogen) atoms. The van der Waals surface area contributed by atoms with Crippen molar-refractivity contribution in [2.75, 3.05) is 12.4 Å². The first-order chi connectivity index (χ1) is 5.76. The van der Waals surface area contributed by atoms with Gasteiger partial charge in [-0.25, -0.2) is 0 Å². The molecule has 1 N–H and O–H groups in total. The van der Waals surface area contributed by atoms with E-state index in [4.69, 9.17) is 0 Å². The highest BCUT2D eigenvalue weighted by Crippen LogP contribution is 2.10. The lowest BCUT2D eigenvalue weighted by Gasteiger charge is -2.01. The zero-order chi connectivity index (χ0) is 9.40. The third kappa shape index (κ3) is 4.02. The lowest BCUT2D eigenvalue weighted by atomic mass is 10.2. The molecule has 0 aromatic heterocycles. The molecule has 68 valence electrons. The van der Waals surface area contributed by atoms with Gasteiger partial charge < -0.3 is 5.32 Å². The first-order valence-electron chi connectivity index (χ1n) is 4.49. The zero-order valence-corrected chi connectivity index (χ0v) is 8.52. The number of rotatable bonds is 1. The predicted molar refractivity (Wildman–Crippen MR) is 56.7 cm³/mol. The highest BCUT2D eigenvalue weighted by atomic mass is 14.8. The van der Waals surface area contributed by atoms with E-state index in [0.29, 0.717) is 0 Å². The van der Waals surface area contributed by atoms with Crippen molar-refractivity contribution in [2.45, 2.75) is 27.2 Å². The highest BCUT2D eigenvalue weighted by Gasteiger charge is 1.88. The van der Waals surface area contributed by atoms with E-state index in [1.165, 1.54) is 17.7 Å². The molecule has 1 aromatic carbocycles. The molecule has 1 aromatic rings. The summed E-state index contributed by atoms with van der Waals surface area (Å²) >= 11 is 0. The largest absolute Gasteiger partial charge is 0.388 e. The Labute approximate surface area is 75.8 Å². The van der Waals surface area contributed by atoms with Crippen LogP contribution >= 0.6 is 0 Å². The monoisotopic (exact) mass is 165 g/mol. The van der Waals surface area contributed by atoms with Gasteiger partial charge in [0.15, 0.2) is 0 Å². The van der Waals surface area contributed by atoms with Gasteiger partial charge in [-0.05, 0) is 18.6 Å². The van der Waals surface area contributed by atoms with Crippen LogP contribution in [0.3, 0.4) is 0 Å². The van der Waals surface area contributed by atoms with Crippen molar-refractivity contribution in [2.24, 2.45) is 0 Å². The van der Waals surface area contributed by atoms with E-state index in [1.807, 2.05) is 19.2 Å². The molecule has 0 amide bonds. The van der Waals surface area contributed by atoms with Crippen molar-refractivity contribution in [1.29, 1.82) is 0 Å². The molecular weight excluding hydrogens is 146 g/mol. The number of hydrogen-bond acceptors (Lipinski definition) is 1. The predicted octanol–water partition coefficient (Wildman–Crippen LogP) is 3.45. The van der Waals surface area contributed by atoms with Gasteiger partial charge in [0.25, 0.3) is 0 Å². The minimum absolute atomic E-state index is 1.21. The SMILES string of the molecule is CCC.CNc1ccccc1C. The molecule has 0 saturated heterocycles.